The molecule has 0 radical (unpaired) electrons. The van der Waals surface area contributed by atoms with Crippen molar-refractivity contribution in [2.45, 2.75) is 19.4 Å². The van der Waals surface area contributed by atoms with Crippen LogP contribution in [0, 0.1) is 0 Å². The van der Waals surface area contributed by atoms with Crippen LogP contribution in [0.5, 0.6) is 0 Å². The van der Waals surface area contributed by atoms with Gasteiger partial charge >= 0.3 is 0 Å². The summed E-state index contributed by atoms with van der Waals surface area (Å²) in [7, 11) is 0. The van der Waals surface area contributed by atoms with Crippen molar-refractivity contribution in [1.82, 2.24) is 15.1 Å². The number of aromatic nitrogens is 3. The zero-order valence-corrected chi connectivity index (χ0v) is 8.42. The lowest BCUT2D eigenvalue weighted by Crippen LogP contribution is -2.05. The Hall–Kier alpha value is -1.75. The van der Waals surface area contributed by atoms with E-state index in [1.807, 2.05) is 18.2 Å². The molecule has 5 nitrogen and oxygen atoms in total. The molecule has 0 aliphatic carbocycles. The van der Waals surface area contributed by atoms with E-state index >= 15 is 0 Å². The lowest BCUT2D eigenvalue weighted by Gasteiger charge is -1.94. The first-order chi connectivity index (χ1) is 7.25. The van der Waals surface area contributed by atoms with Gasteiger partial charge in [0.05, 0.1) is 12.5 Å². The van der Waals surface area contributed by atoms with Gasteiger partial charge in [0.15, 0.2) is 5.82 Å². The van der Waals surface area contributed by atoms with Crippen LogP contribution in [0.15, 0.2) is 28.9 Å². The van der Waals surface area contributed by atoms with Crippen LogP contribution in [0.3, 0.4) is 0 Å². The van der Waals surface area contributed by atoms with Gasteiger partial charge in [-0.25, -0.2) is 0 Å². The Kier molecular flexibility index (Phi) is 2.73. The summed E-state index contributed by atoms with van der Waals surface area (Å²) >= 11 is 0. The molecule has 5 heteroatoms. The van der Waals surface area contributed by atoms with Crippen molar-refractivity contribution in [3.63, 3.8) is 0 Å². The van der Waals surface area contributed by atoms with Gasteiger partial charge < -0.3 is 10.3 Å². The molecule has 2 aromatic rings. The molecule has 2 aromatic heterocycles. The Morgan fingerprint density at radius 3 is 2.93 bits per heavy atom. The summed E-state index contributed by atoms with van der Waals surface area (Å²) in [5, 5.41) is 3.83. The van der Waals surface area contributed by atoms with Gasteiger partial charge in [-0.2, -0.15) is 4.98 Å². The second kappa shape index (κ2) is 4.18. The number of hydrogen-bond acceptors (Lipinski definition) is 5. The lowest BCUT2D eigenvalue weighted by atomic mass is 10.2. The number of hydrogen-bond donors (Lipinski definition) is 1. The highest BCUT2D eigenvalue weighted by Gasteiger charge is 2.10. The van der Waals surface area contributed by atoms with Crippen LogP contribution in [-0.2, 0) is 6.42 Å². The predicted octanol–water partition coefficient (Wildman–Crippen LogP) is 1.08. The second-order valence-corrected chi connectivity index (χ2v) is 3.34. The largest absolute Gasteiger partial charge is 0.338 e. The predicted molar refractivity (Wildman–Crippen MR) is 53.9 cm³/mol. The summed E-state index contributed by atoms with van der Waals surface area (Å²) in [5.41, 5.74) is 6.52. The average molecular weight is 204 g/mol. The maximum atomic E-state index is 5.61. The molecule has 0 aromatic carbocycles. The van der Waals surface area contributed by atoms with Crippen molar-refractivity contribution < 1.29 is 4.52 Å². The Morgan fingerprint density at radius 2 is 2.33 bits per heavy atom. The van der Waals surface area contributed by atoms with E-state index in [-0.39, 0.29) is 6.04 Å². The van der Waals surface area contributed by atoms with E-state index in [9.17, 15) is 0 Å². The fourth-order valence-electron chi connectivity index (χ4n) is 1.19. The Bertz CT molecular complexity index is 424. The minimum Gasteiger partial charge on any atom is -0.338 e. The maximum absolute atomic E-state index is 5.61. The van der Waals surface area contributed by atoms with Gasteiger partial charge in [-0.05, 0) is 19.1 Å². The van der Waals surface area contributed by atoms with E-state index in [1.165, 1.54) is 0 Å². The third-order valence-corrected chi connectivity index (χ3v) is 1.94. The molecule has 78 valence electrons. The highest BCUT2D eigenvalue weighted by molar-refractivity contribution is 5.09. The number of pyridine rings is 1. The summed E-state index contributed by atoms with van der Waals surface area (Å²) in [6.07, 6.45) is 2.30. The molecule has 2 rings (SSSR count). The van der Waals surface area contributed by atoms with Crippen molar-refractivity contribution in [3.8, 4) is 0 Å². The minimum atomic E-state index is -0.227. The molecule has 0 bridgehead atoms. The third-order valence-electron chi connectivity index (χ3n) is 1.94. The standard InChI is InChI=1S/C10H12N4O/c1-7(11)10-13-9(14-15-10)6-8-4-2-3-5-12-8/h2-5,7H,6,11H2,1H3/t7-/m0/s1. The monoisotopic (exact) mass is 204 g/mol. The van der Waals surface area contributed by atoms with E-state index in [4.69, 9.17) is 10.3 Å². The zero-order valence-electron chi connectivity index (χ0n) is 8.42. The molecule has 0 unspecified atom stereocenters. The summed E-state index contributed by atoms with van der Waals surface area (Å²) in [5.74, 6) is 1.07. The molecule has 2 N–H and O–H groups in total. The van der Waals surface area contributed by atoms with E-state index in [0.29, 0.717) is 18.1 Å². The maximum Gasteiger partial charge on any atom is 0.243 e. The molecule has 15 heavy (non-hydrogen) atoms. The molecule has 0 saturated carbocycles. The van der Waals surface area contributed by atoms with Gasteiger partial charge in [0.25, 0.3) is 0 Å². The van der Waals surface area contributed by atoms with Crippen LogP contribution >= 0.6 is 0 Å². The van der Waals surface area contributed by atoms with Crippen LogP contribution < -0.4 is 5.73 Å². The Morgan fingerprint density at radius 1 is 1.47 bits per heavy atom. The third kappa shape index (κ3) is 2.38. The SMILES string of the molecule is C[C@H](N)c1nc(Cc2ccccn2)no1. The van der Waals surface area contributed by atoms with Crippen LogP contribution in [0.2, 0.25) is 0 Å². The molecule has 0 aliphatic rings. The molecule has 0 fully saturated rings. The van der Waals surface area contributed by atoms with E-state index in [0.717, 1.165) is 5.69 Å². The highest BCUT2D eigenvalue weighted by atomic mass is 16.5. The fraction of sp³-hybridized carbons (Fsp3) is 0.300. The highest BCUT2D eigenvalue weighted by Crippen LogP contribution is 2.08. The Balaban J connectivity index is 2.12. The molecule has 0 amide bonds. The average Bonchev–Trinajstić information content (AvgIpc) is 2.68. The number of nitrogens with zero attached hydrogens (tertiary/aromatic N) is 3. The lowest BCUT2D eigenvalue weighted by molar-refractivity contribution is 0.357. The number of nitrogens with two attached hydrogens (primary N) is 1. The van der Waals surface area contributed by atoms with Crippen molar-refractivity contribution in [1.29, 1.82) is 0 Å². The Labute approximate surface area is 87.3 Å². The van der Waals surface area contributed by atoms with Gasteiger partial charge in [0, 0.05) is 11.9 Å². The number of rotatable bonds is 3. The first-order valence-electron chi connectivity index (χ1n) is 4.73. The molecular formula is C10H12N4O. The van der Waals surface area contributed by atoms with Crippen molar-refractivity contribution in [3.05, 3.63) is 41.8 Å². The fourth-order valence-corrected chi connectivity index (χ4v) is 1.19. The molecule has 2 heterocycles. The molecule has 0 aliphatic heterocycles. The van der Waals surface area contributed by atoms with Crippen LogP contribution in [0.4, 0.5) is 0 Å². The minimum absolute atomic E-state index is 0.227. The topological polar surface area (TPSA) is 77.8 Å². The van der Waals surface area contributed by atoms with Gasteiger partial charge in [-0.1, -0.05) is 11.2 Å². The van der Waals surface area contributed by atoms with Gasteiger partial charge in [-0.15, -0.1) is 0 Å². The van der Waals surface area contributed by atoms with E-state index in [1.54, 1.807) is 13.1 Å². The summed E-state index contributed by atoms with van der Waals surface area (Å²) in [6, 6.07) is 5.49. The molecule has 1 atom stereocenters. The van der Waals surface area contributed by atoms with E-state index in [2.05, 4.69) is 15.1 Å². The van der Waals surface area contributed by atoms with Crippen molar-refractivity contribution in [2.24, 2.45) is 5.73 Å². The second-order valence-electron chi connectivity index (χ2n) is 3.34. The molecule has 0 spiro atoms. The molecular weight excluding hydrogens is 192 g/mol. The summed E-state index contributed by atoms with van der Waals surface area (Å²) < 4.78 is 4.98. The van der Waals surface area contributed by atoms with Crippen molar-refractivity contribution >= 4 is 0 Å². The van der Waals surface area contributed by atoms with Crippen LogP contribution in [-0.4, -0.2) is 15.1 Å². The van der Waals surface area contributed by atoms with Gasteiger partial charge in [-0.3, -0.25) is 4.98 Å². The first kappa shape index (κ1) is 9.79. The van der Waals surface area contributed by atoms with Crippen LogP contribution in [0.25, 0.3) is 0 Å². The van der Waals surface area contributed by atoms with E-state index < -0.39 is 0 Å². The normalized spacial score (nSPS) is 12.7. The summed E-state index contributed by atoms with van der Waals surface area (Å²) in [6.45, 7) is 1.80. The van der Waals surface area contributed by atoms with Crippen LogP contribution in [0.1, 0.15) is 30.4 Å². The van der Waals surface area contributed by atoms with Gasteiger partial charge in [0.2, 0.25) is 5.89 Å². The molecule has 0 saturated heterocycles. The quantitative estimate of drug-likeness (QED) is 0.809. The smallest absolute Gasteiger partial charge is 0.243 e. The first-order valence-corrected chi connectivity index (χ1v) is 4.73. The summed E-state index contributed by atoms with van der Waals surface area (Å²) in [4.78, 5) is 8.34. The van der Waals surface area contributed by atoms with Gasteiger partial charge in [0.1, 0.15) is 0 Å². The zero-order chi connectivity index (χ0) is 10.7. The van der Waals surface area contributed by atoms with Crippen molar-refractivity contribution in [2.75, 3.05) is 0 Å².